The Morgan fingerprint density at radius 1 is 0.867 bits per heavy atom. The van der Waals surface area contributed by atoms with Gasteiger partial charge >= 0.3 is 12.4 Å². The summed E-state index contributed by atoms with van der Waals surface area (Å²) in [6.07, 6.45) is -11.7. The minimum Gasteiger partial charge on any atom is -0.375 e. The normalized spacial score (nSPS) is 15.6. The van der Waals surface area contributed by atoms with Gasteiger partial charge in [0.1, 0.15) is 5.60 Å². The SMILES string of the molecule is COC(C)(C)C(O)(C(F)(F)F)C(F)(F)F. The lowest BCUT2D eigenvalue weighted by molar-refractivity contribution is -0.410. The summed E-state index contributed by atoms with van der Waals surface area (Å²) in [7, 11) is 0.655. The molecule has 0 amide bonds. The molecule has 0 saturated heterocycles. The number of methoxy groups -OCH3 is 1. The number of hydrogen-bond acceptors (Lipinski definition) is 2. The number of ether oxygens (including phenoxy) is 1. The molecule has 8 heteroatoms. The third-order valence-electron chi connectivity index (χ3n) is 2.20. The van der Waals surface area contributed by atoms with Gasteiger partial charge in [0.15, 0.2) is 0 Å². The molecule has 0 radical (unpaired) electrons. The smallest absolute Gasteiger partial charge is 0.375 e. The van der Waals surface area contributed by atoms with E-state index in [0.29, 0.717) is 21.0 Å². The fraction of sp³-hybridized carbons (Fsp3) is 1.00. The zero-order valence-electron chi connectivity index (χ0n) is 8.12. The Bertz CT molecular complexity index is 215. The Balaban J connectivity index is 5.65. The Morgan fingerprint density at radius 2 is 1.13 bits per heavy atom. The molecule has 0 rings (SSSR count). The summed E-state index contributed by atoms with van der Waals surface area (Å²) in [5.74, 6) is 0. The van der Waals surface area contributed by atoms with Gasteiger partial charge in [-0.15, -0.1) is 0 Å². The van der Waals surface area contributed by atoms with Gasteiger partial charge in [0, 0.05) is 7.11 Å². The Hall–Kier alpha value is -0.500. The van der Waals surface area contributed by atoms with Gasteiger partial charge in [0.25, 0.3) is 5.60 Å². The maximum Gasteiger partial charge on any atom is 0.429 e. The number of rotatable bonds is 2. The Morgan fingerprint density at radius 3 is 1.20 bits per heavy atom. The third-order valence-corrected chi connectivity index (χ3v) is 2.20. The van der Waals surface area contributed by atoms with Crippen LogP contribution in [-0.2, 0) is 4.74 Å². The standard InChI is InChI=1S/C7H10F6O2/c1-4(2,15-3)5(14,6(8,9)10)7(11,12)13/h14H,1-3H3. The quantitative estimate of drug-likeness (QED) is 0.750. The van der Waals surface area contributed by atoms with Crippen LogP contribution in [-0.4, -0.2) is 35.8 Å². The summed E-state index contributed by atoms with van der Waals surface area (Å²) in [5.41, 5.74) is -7.73. The molecule has 0 saturated carbocycles. The monoisotopic (exact) mass is 240 g/mol. The predicted octanol–water partition coefficient (Wildman–Crippen LogP) is 2.27. The maximum absolute atomic E-state index is 12.2. The Kier molecular flexibility index (Phi) is 3.40. The van der Waals surface area contributed by atoms with E-state index in [1.54, 1.807) is 0 Å². The van der Waals surface area contributed by atoms with Crippen LogP contribution in [0.25, 0.3) is 0 Å². The second-order valence-corrected chi connectivity index (χ2v) is 3.42. The molecule has 0 aromatic heterocycles. The van der Waals surface area contributed by atoms with Crippen molar-refractivity contribution < 1.29 is 36.2 Å². The Labute approximate surface area is 81.8 Å². The van der Waals surface area contributed by atoms with Crippen LogP contribution in [0.2, 0.25) is 0 Å². The van der Waals surface area contributed by atoms with Crippen molar-refractivity contribution in [3.63, 3.8) is 0 Å². The highest BCUT2D eigenvalue weighted by Gasteiger charge is 2.77. The summed E-state index contributed by atoms with van der Waals surface area (Å²) in [5, 5.41) is 8.84. The van der Waals surface area contributed by atoms with Crippen molar-refractivity contribution in [2.75, 3.05) is 7.11 Å². The lowest BCUT2D eigenvalue weighted by atomic mass is 9.84. The minimum absolute atomic E-state index is 0.508. The van der Waals surface area contributed by atoms with Crippen molar-refractivity contribution in [3.8, 4) is 0 Å². The molecule has 0 fully saturated rings. The summed E-state index contributed by atoms with van der Waals surface area (Å²) in [4.78, 5) is 0. The lowest BCUT2D eigenvalue weighted by Gasteiger charge is -2.42. The summed E-state index contributed by atoms with van der Waals surface area (Å²) in [6, 6.07) is 0. The molecule has 0 aliphatic rings. The average Bonchev–Trinajstić information content (AvgIpc) is 1.98. The summed E-state index contributed by atoms with van der Waals surface area (Å²) >= 11 is 0. The van der Waals surface area contributed by atoms with E-state index in [4.69, 9.17) is 5.11 Å². The van der Waals surface area contributed by atoms with Gasteiger partial charge < -0.3 is 9.84 Å². The van der Waals surface area contributed by atoms with E-state index in [-0.39, 0.29) is 0 Å². The van der Waals surface area contributed by atoms with E-state index in [1.165, 1.54) is 0 Å². The fourth-order valence-corrected chi connectivity index (χ4v) is 0.991. The number of hydrogen-bond donors (Lipinski definition) is 1. The van der Waals surface area contributed by atoms with Crippen LogP contribution in [0.3, 0.4) is 0 Å². The minimum atomic E-state index is -5.87. The van der Waals surface area contributed by atoms with E-state index >= 15 is 0 Å². The summed E-state index contributed by atoms with van der Waals surface area (Å²) < 4.78 is 77.5. The summed E-state index contributed by atoms with van der Waals surface area (Å²) in [6.45, 7) is 1.02. The number of alkyl halides is 6. The third kappa shape index (κ3) is 2.05. The first-order valence-electron chi connectivity index (χ1n) is 3.72. The van der Waals surface area contributed by atoms with Crippen LogP contribution in [0, 0.1) is 0 Å². The van der Waals surface area contributed by atoms with Crippen molar-refractivity contribution in [1.29, 1.82) is 0 Å². The molecule has 0 aliphatic carbocycles. The first kappa shape index (κ1) is 14.5. The van der Waals surface area contributed by atoms with Gasteiger partial charge in [-0.05, 0) is 13.8 Å². The zero-order chi connectivity index (χ0) is 12.7. The second-order valence-electron chi connectivity index (χ2n) is 3.42. The van der Waals surface area contributed by atoms with E-state index in [2.05, 4.69) is 4.74 Å². The van der Waals surface area contributed by atoms with Gasteiger partial charge in [-0.25, -0.2) is 0 Å². The molecule has 0 aromatic rings. The fourth-order valence-electron chi connectivity index (χ4n) is 0.991. The van der Waals surface area contributed by atoms with Gasteiger partial charge in [0.2, 0.25) is 0 Å². The molecular weight excluding hydrogens is 230 g/mol. The van der Waals surface area contributed by atoms with Gasteiger partial charge in [-0.3, -0.25) is 0 Å². The van der Waals surface area contributed by atoms with Crippen LogP contribution < -0.4 is 0 Å². The molecule has 0 spiro atoms. The lowest BCUT2D eigenvalue weighted by Crippen LogP contribution is -2.69. The van der Waals surface area contributed by atoms with E-state index in [9.17, 15) is 26.3 Å². The van der Waals surface area contributed by atoms with Crippen molar-refractivity contribution in [2.45, 2.75) is 37.4 Å². The highest BCUT2D eigenvalue weighted by atomic mass is 19.4. The largest absolute Gasteiger partial charge is 0.429 e. The van der Waals surface area contributed by atoms with Gasteiger partial charge in [0.05, 0.1) is 0 Å². The van der Waals surface area contributed by atoms with Crippen LogP contribution in [0.15, 0.2) is 0 Å². The maximum atomic E-state index is 12.2. The molecule has 92 valence electrons. The molecule has 0 aliphatic heterocycles. The van der Waals surface area contributed by atoms with E-state index in [0.717, 1.165) is 0 Å². The molecule has 2 nitrogen and oxygen atoms in total. The van der Waals surface area contributed by atoms with E-state index < -0.39 is 23.6 Å². The average molecular weight is 240 g/mol. The van der Waals surface area contributed by atoms with E-state index in [1.807, 2.05) is 0 Å². The van der Waals surface area contributed by atoms with Crippen LogP contribution in [0.1, 0.15) is 13.8 Å². The van der Waals surface area contributed by atoms with Crippen molar-refractivity contribution in [3.05, 3.63) is 0 Å². The molecule has 0 bridgehead atoms. The van der Waals surface area contributed by atoms with Gasteiger partial charge in [-0.2, -0.15) is 26.3 Å². The molecule has 0 heterocycles. The molecule has 0 atom stereocenters. The van der Waals surface area contributed by atoms with Gasteiger partial charge in [-0.1, -0.05) is 0 Å². The van der Waals surface area contributed by atoms with Crippen molar-refractivity contribution >= 4 is 0 Å². The van der Waals surface area contributed by atoms with Crippen LogP contribution >= 0.6 is 0 Å². The first-order valence-corrected chi connectivity index (χ1v) is 3.72. The molecule has 1 N–H and O–H groups in total. The number of aliphatic hydroxyl groups is 1. The van der Waals surface area contributed by atoms with Crippen molar-refractivity contribution in [1.82, 2.24) is 0 Å². The second kappa shape index (κ2) is 3.51. The molecule has 0 aromatic carbocycles. The highest BCUT2D eigenvalue weighted by Crippen LogP contribution is 2.50. The first-order chi connectivity index (χ1) is 6.31. The molecule has 15 heavy (non-hydrogen) atoms. The predicted molar refractivity (Wildman–Crippen MR) is 38.1 cm³/mol. The zero-order valence-corrected chi connectivity index (χ0v) is 8.12. The van der Waals surface area contributed by atoms with Crippen LogP contribution in [0.5, 0.6) is 0 Å². The molecule has 0 unspecified atom stereocenters. The molecular formula is C7H10F6O2. The topological polar surface area (TPSA) is 29.5 Å². The number of halogens is 6. The van der Waals surface area contributed by atoms with Crippen LogP contribution in [0.4, 0.5) is 26.3 Å². The highest BCUT2D eigenvalue weighted by molar-refractivity contribution is 5.06. The van der Waals surface area contributed by atoms with Crippen molar-refractivity contribution in [2.24, 2.45) is 0 Å².